The summed E-state index contributed by atoms with van der Waals surface area (Å²) < 4.78 is 0. The molecular formula is C8H17B5O4. The van der Waals surface area contributed by atoms with Crippen LogP contribution in [0.4, 0.5) is 0 Å². The van der Waals surface area contributed by atoms with Crippen molar-refractivity contribution in [2.45, 2.75) is 21.7 Å². The molecule has 0 aromatic carbocycles. The molecule has 0 aromatic heterocycles. The number of carbonyl (C=O) groups is 1. The molecule has 4 nitrogen and oxygen atoms in total. The number of hydrogen-bond donors (Lipinski definition) is 3. The Morgan fingerprint density at radius 1 is 0.941 bits per heavy atom. The first kappa shape index (κ1) is 14.7. The van der Waals surface area contributed by atoms with Gasteiger partial charge in [0.25, 0.3) is 0 Å². The zero-order chi connectivity index (χ0) is 13.7. The maximum absolute atomic E-state index is 10.5. The normalized spacial score (nSPS) is 49.5. The van der Waals surface area contributed by atoms with Gasteiger partial charge >= 0.3 is 0 Å². The van der Waals surface area contributed by atoms with Crippen molar-refractivity contribution in [2.75, 3.05) is 0 Å². The molecule has 0 radical (unpaired) electrons. The molecule has 0 spiro atoms. The van der Waals surface area contributed by atoms with Crippen LogP contribution in [0.3, 0.4) is 0 Å². The highest BCUT2D eigenvalue weighted by Gasteiger charge is 2.70. The van der Waals surface area contributed by atoms with Crippen molar-refractivity contribution in [3.63, 3.8) is 0 Å². The van der Waals surface area contributed by atoms with Crippen molar-refractivity contribution in [3.05, 3.63) is 12.2 Å². The minimum absolute atomic E-state index is 0.523. The van der Waals surface area contributed by atoms with E-state index in [1.807, 2.05) is 0 Å². The zero-order valence-corrected chi connectivity index (χ0v) is 11.1. The van der Waals surface area contributed by atoms with Crippen molar-refractivity contribution in [1.29, 1.82) is 0 Å². The summed E-state index contributed by atoms with van der Waals surface area (Å²) in [6.07, 6.45) is 3.45. The first-order valence-electron chi connectivity index (χ1n) is 5.73. The number of hydrogen-bond acceptors (Lipinski definition) is 4. The number of rotatable bonds is 2. The third kappa shape index (κ3) is 1.59. The molecule has 0 bridgehead atoms. The lowest BCUT2D eigenvalue weighted by Crippen LogP contribution is -2.65. The molecule has 1 saturated carbocycles. The molecule has 88 valence electrons. The van der Waals surface area contributed by atoms with E-state index in [4.69, 9.17) is 0 Å². The molecule has 1 fully saturated rings. The molecule has 1 aliphatic rings. The molecule has 9 heteroatoms. The molecule has 17 heavy (non-hydrogen) atoms. The van der Waals surface area contributed by atoms with E-state index >= 15 is 0 Å². The number of aldehydes is 1. The second-order valence-corrected chi connectivity index (χ2v) is 6.01. The van der Waals surface area contributed by atoms with Crippen LogP contribution in [0, 0.1) is 5.92 Å². The van der Waals surface area contributed by atoms with Gasteiger partial charge in [0.05, 0.1) is 11.0 Å². The lowest BCUT2D eigenvalue weighted by molar-refractivity contribution is -0.104. The van der Waals surface area contributed by atoms with Gasteiger partial charge in [-0.1, -0.05) is 11.3 Å². The van der Waals surface area contributed by atoms with Gasteiger partial charge in [0.2, 0.25) is 0 Å². The summed E-state index contributed by atoms with van der Waals surface area (Å²) >= 11 is 0. The van der Waals surface area contributed by atoms with E-state index in [-0.39, 0.29) is 0 Å². The van der Waals surface area contributed by atoms with E-state index in [1.54, 1.807) is 21.8 Å². The predicted molar refractivity (Wildman–Crippen MR) is 79.0 cm³/mol. The summed E-state index contributed by atoms with van der Waals surface area (Å²) in [7, 11) is 7.95. The van der Waals surface area contributed by atoms with Crippen LogP contribution < -0.4 is 0 Å². The lowest BCUT2D eigenvalue weighted by atomic mass is 9.37. The first-order valence-corrected chi connectivity index (χ1v) is 5.73. The molecule has 1 rings (SSSR count). The van der Waals surface area contributed by atoms with Crippen LogP contribution in [-0.2, 0) is 4.79 Å². The number of aliphatic hydroxyl groups is 3. The Hall–Kier alpha value is -0.385. The van der Waals surface area contributed by atoms with Gasteiger partial charge in [0.1, 0.15) is 45.5 Å². The van der Waals surface area contributed by atoms with Gasteiger partial charge in [0, 0.05) is 5.50 Å². The predicted octanol–water partition coefficient (Wildman–Crippen LogP) is -6.28. The van der Waals surface area contributed by atoms with E-state index in [2.05, 4.69) is 0 Å². The SMILES string of the molecule is BC1(B)C(/C=C/C=O)C(B)(O)C(B)(O)C1(B)O. The molecule has 0 aliphatic heterocycles. The van der Waals surface area contributed by atoms with E-state index in [0.29, 0.717) is 6.29 Å². The third-order valence-corrected chi connectivity index (χ3v) is 4.95. The Morgan fingerprint density at radius 3 is 1.71 bits per heavy atom. The Kier molecular flexibility index (Phi) is 3.28. The van der Waals surface area contributed by atoms with Crippen LogP contribution in [0.2, 0.25) is 5.21 Å². The first-order chi connectivity index (χ1) is 7.44. The van der Waals surface area contributed by atoms with Gasteiger partial charge < -0.3 is 15.3 Å². The Bertz CT molecular complexity index is 337. The highest BCUT2D eigenvalue weighted by Crippen LogP contribution is 2.58. The minimum atomic E-state index is -1.67. The lowest BCUT2D eigenvalue weighted by Gasteiger charge is -2.44. The summed E-state index contributed by atoms with van der Waals surface area (Å²) in [5.41, 5.74) is -4.65. The largest absolute Gasteiger partial charge is 0.398 e. The second kappa shape index (κ2) is 3.80. The summed E-state index contributed by atoms with van der Waals surface area (Å²) in [5.74, 6) is -0.523. The Balaban J connectivity index is 3.41. The maximum Gasteiger partial charge on any atom is 0.148 e. The fraction of sp³-hybridized carbons (Fsp3) is 0.625. The second-order valence-electron chi connectivity index (χ2n) is 6.01. The van der Waals surface area contributed by atoms with Gasteiger partial charge in [0.15, 0.2) is 0 Å². The van der Waals surface area contributed by atoms with Gasteiger partial charge in [-0.25, -0.2) is 0 Å². The molecule has 4 unspecified atom stereocenters. The van der Waals surface area contributed by atoms with Crippen molar-refractivity contribution in [3.8, 4) is 0 Å². The average Bonchev–Trinajstić information content (AvgIpc) is 2.21. The zero-order valence-electron chi connectivity index (χ0n) is 11.1. The Morgan fingerprint density at radius 2 is 1.41 bits per heavy atom. The van der Waals surface area contributed by atoms with Crippen LogP contribution in [0.5, 0.6) is 0 Å². The number of carbonyl (C=O) groups excluding carboxylic acids is 1. The van der Waals surface area contributed by atoms with E-state index < -0.39 is 27.6 Å². The van der Waals surface area contributed by atoms with Crippen molar-refractivity contribution in [2.24, 2.45) is 5.92 Å². The molecule has 0 aromatic rings. The maximum atomic E-state index is 10.5. The molecule has 4 atom stereocenters. The third-order valence-electron chi connectivity index (χ3n) is 4.95. The van der Waals surface area contributed by atoms with Crippen molar-refractivity contribution in [1.82, 2.24) is 0 Å². The van der Waals surface area contributed by atoms with E-state index in [9.17, 15) is 20.1 Å². The summed E-state index contributed by atoms with van der Waals surface area (Å²) in [4.78, 5) is 10.4. The smallest absolute Gasteiger partial charge is 0.148 e. The number of allylic oxidation sites excluding steroid dienone is 1. The Labute approximate surface area is 106 Å². The quantitative estimate of drug-likeness (QED) is 0.251. The van der Waals surface area contributed by atoms with Gasteiger partial charge in [-0.3, -0.25) is 4.79 Å². The van der Waals surface area contributed by atoms with Crippen molar-refractivity contribution < 1.29 is 20.1 Å². The van der Waals surface area contributed by atoms with Crippen LogP contribution in [-0.4, -0.2) is 77.3 Å². The van der Waals surface area contributed by atoms with Crippen molar-refractivity contribution >= 4 is 45.5 Å². The average molecular weight is 231 g/mol. The monoisotopic (exact) mass is 232 g/mol. The fourth-order valence-electron chi connectivity index (χ4n) is 3.01. The van der Waals surface area contributed by atoms with Gasteiger partial charge in [-0.2, -0.15) is 0 Å². The topological polar surface area (TPSA) is 77.8 Å². The van der Waals surface area contributed by atoms with Crippen LogP contribution in [0.1, 0.15) is 0 Å². The van der Waals surface area contributed by atoms with Crippen LogP contribution in [0.15, 0.2) is 12.2 Å². The van der Waals surface area contributed by atoms with Crippen LogP contribution >= 0.6 is 0 Å². The molecular weight excluding hydrogens is 214 g/mol. The summed E-state index contributed by atoms with van der Waals surface area (Å²) in [5, 5.41) is 30.7. The van der Waals surface area contributed by atoms with E-state index in [1.165, 1.54) is 29.6 Å². The summed E-state index contributed by atoms with van der Waals surface area (Å²) in [6, 6.07) is 0. The fourth-order valence-corrected chi connectivity index (χ4v) is 3.01. The van der Waals surface area contributed by atoms with Gasteiger partial charge in [-0.05, 0) is 12.0 Å². The van der Waals surface area contributed by atoms with Gasteiger partial charge in [-0.15, -0.1) is 0 Å². The standard InChI is InChI=1S/C8H17B5O4/c9-5(10)4(2-1-3-14)6(11,15)8(13,17)7(5,12)16/h1-4,15-17H,9-13H2/b2-1+. The molecule has 1 aliphatic carbocycles. The molecule has 0 saturated heterocycles. The molecule has 0 heterocycles. The highest BCUT2D eigenvalue weighted by molar-refractivity contribution is 6.49. The van der Waals surface area contributed by atoms with E-state index in [0.717, 1.165) is 0 Å². The molecule has 0 amide bonds. The summed E-state index contributed by atoms with van der Waals surface area (Å²) in [6.45, 7) is 0. The minimum Gasteiger partial charge on any atom is -0.398 e. The van der Waals surface area contributed by atoms with Crippen LogP contribution in [0.25, 0.3) is 0 Å². The highest BCUT2D eigenvalue weighted by atomic mass is 16.4. The molecule has 3 N–H and O–H groups in total.